The molecule has 2 amide bonds. The number of hydrogen-bond donors (Lipinski definition) is 2. The molecule has 2 aromatic heterocycles. The van der Waals surface area contributed by atoms with E-state index in [4.69, 9.17) is 0 Å². The van der Waals surface area contributed by atoms with Crippen LogP contribution in [0.1, 0.15) is 72.9 Å². The highest BCUT2D eigenvalue weighted by atomic mass is 32.2. The molecule has 14 heteroatoms. The van der Waals surface area contributed by atoms with Crippen LogP contribution in [0.25, 0.3) is 0 Å². The molecule has 228 valence electrons. The first kappa shape index (κ1) is 32.1. The largest absolute Gasteiger partial charge is 0.325 e. The number of carbonyl (C=O) groups excluding carboxylic acids is 2. The summed E-state index contributed by atoms with van der Waals surface area (Å²) in [5.41, 5.74) is 8.25. The SMILES string of the molecule is Cc1cc(Cc2cc(C)c(NC(=O)CSc3nnnn3C)c(C(C)C)c2)cc(C(C)C)c1NC(=O)CSc1nnnn1C. The zero-order valence-electron chi connectivity index (χ0n) is 25.8. The standard InChI is InChI=1S/C29H38N10O2S2/c1-16(2)22-12-20(9-18(5)26(22)30-24(40)14-42-28-32-34-36-38(28)7)11-21-10-19(6)27(23(13-21)17(3)4)31-25(41)15-43-29-33-35-37-39(29)8/h9-10,12-13,16-17H,11,14-15H2,1-8H3,(H,30,40)(H,31,41). The lowest BCUT2D eigenvalue weighted by atomic mass is 9.90. The Hall–Kier alpha value is -3.78. The van der Waals surface area contributed by atoms with Gasteiger partial charge < -0.3 is 10.6 Å². The van der Waals surface area contributed by atoms with Crippen molar-refractivity contribution in [2.45, 2.75) is 70.1 Å². The zero-order valence-corrected chi connectivity index (χ0v) is 27.4. The number of anilines is 2. The van der Waals surface area contributed by atoms with Crippen molar-refractivity contribution < 1.29 is 9.59 Å². The highest BCUT2D eigenvalue weighted by Crippen LogP contribution is 2.33. The molecule has 0 aliphatic carbocycles. The van der Waals surface area contributed by atoms with Gasteiger partial charge in [0.2, 0.25) is 22.1 Å². The van der Waals surface area contributed by atoms with E-state index in [0.29, 0.717) is 10.3 Å². The number of benzene rings is 2. The lowest BCUT2D eigenvalue weighted by Gasteiger charge is -2.20. The molecule has 0 unspecified atom stereocenters. The van der Waals surface area contributed by atoms with Crippen molar-refractivity contribution in [1.82, 2.24) is 40.4 Å². The third-order valence-corrected chi connectivity index (χ3v) is 8.88. The molecule has 4 aromatic rings. The van der Waals surface area contributed by atoms with Gasteiger partial charge in [0.1, 0.15) is 0 Å². The van der Waals surface area contributed by atoms with Crippen LogP contribution in [-0.2, 0) is 30.1 Å². The average molecular weight is 623 g/mol. The quantitative estimate of drug-likeness (QED) is 0.214. The summed E-state index contributed by atoms with van der Waals surface area (Å²) in [5.74, 6) is 0.641. The predicted molar refractivity (Wildman–Crippen MR) is 170 cm³/mol. The smallest absolute Gasteiger partial charge is 0.234 e. The van der Waals surface area contributed by atoms with E-state index < -0.39 is 0 Å². The van der Waals surface area contributed by atoms with Crippen LogP contribution < -0.4 is 10.6 Å². The number of rotatable bonds is 12. The second-order valence-electron chi connectivity index (χ2n) is 11.1. The van der Waals surface area contributed by atoms with Gasteiger partial charge in [-0.1, -0.05) is 75.5 Å². The van der Waals surface area contributed by atoms with Gasteiger partial charge in [-0.05, 0) is 86.3 Å². The highest BCUT2D eigenvalue weighted by Gasteiger charge is 2.18. The Kier molecular flexibility index (Phi) is 10.6. The molecule has 0 spiro atoms. The molecule has 0 radical (unpaired) electrons. The fourth-order valence-electron chi connectivity index (χ4n) is 4.77. The fourth-order valence-corrected chi connectivity index (χ4v) is 6.07. The first-order chi connectivity index (χ1) is 20.4. The third kappa shape index (κ3) is 8.20. The topological polar surface area (TPSA) is 145 Å². The lowest BCUT2D eigenvalue weighted by Crippen LogP contribution is -2.18. The number of aryl methyl sites for hydroxylation is 4. The number of thioether (sulfide) groups is 2. The van der Waals surface area contributed by atoms with Crippen LogP contribution in [0.3, 0.4) is 0 Å². The molecule has 0 aliphatic heterocycles. The maximum Gasteiger partial charge on any atom is 0.234 e. The van der Waals surface area contributed by atoms with Crippen molar-refractivity contribution in [3.8, 4) is 0 Å². The van der Waals surface area contributed by atoms with E-state index in [1.165, 1.54) is 34.7 Å². The summed E-state index contributed by atoms with van der Waals surface area (Å²) in [6, 6.07) is 8.65. The van der Waals surface area contributed by atoms with Crippen LogP contribution >= 0.6 is 23.5 Å². The second kappa shape index (κ2) is 14.1. The Labute approximate surface area is 260 Å². The van der Waals surface area contributed by atoms with Gasteiger partial charge in [0.15, 0.2) is 0 Å². The van der Waals surface area contributed by atoms with Crippen molar-refractivity contribution in [3.63, 3.8) is 0 Å². The number of carbonyl (C=O) groups is 2. The average Bonchev–Trinajstić information content (AvgIpc) is 3.55. The molecule has 0 fully saturated rings. The fraction of sp³-hybridized carbons (Fsp3) is 0.448. The molecule has 4 rings (SSSR count). The van der Waals surface area contributed by atoms with Crippen LogP contribution in [0.5, 0.6) is 0 Å². The molecule has 0 saturated carbocycles. The minimum absolute atomic E-state index is 0.104. The normalized spacial score (nSPS) is 11.4. The summed E-state index contributed by atoms with van der Waals surface area (Å²) in [6.07, 6.45) is 0.730. The Morgan fingerprint density at radius 1 is 0.721 bits per heavy atom. The summed E-state index contributed by atoms with van der Waals surface area (Å²) in [6.45, 7) is 12.6. The summed E-state index contributed by atoms with van der Waals surface area (Å²) >= 11 is 2.59. The number of aromatic nitrogens is 8. The summed E-state index contributed by atoms with van der Waals surface area (Å²) in [7, 11) is 3.49. The van der Waals surface area contributed by atoms with Crippen LogP contribution in [-0.4, -0.2) is 63.7 Å². The number of amides is 2. The minimum atomic E-state index is -0.104. The van der Waals surface area contributed by atoms with E-state index in [1.54, 1.807) is 23.5 Å². The minimum Gasteiger partial charge on any atom is -0.325 e. The van der Waals surface area contributed by atoms with Crippen molar-refractivity contribution in [3.05, 3.63) is 57.6 Å². The zero-order chi connectivity index (χ0) is 31.3. The van der Waals surface area contributed by atoms with E-state index in [0.717, 1.165) is 40.0 Å². The monoisotopic (exact) mass is 622 g/mol. The molecule has 2 heterocycles. The Morgan fingerprint density at radius 2 is 1.12 bits per heavy atom. The first-order valence-electron chi connectivity index (χ1n) is 14.0. The number of nitrogens with one attached hydrogen (secondary N) is 2. The van der Waals surface area contributed by atoms with E-state index >= 15 is 0 Å². The first-order valence-corrected chi connectivity index (χ1v) is 16.0. The molecular weight excluding hydrogens is 585 g/mol. The number of hydrogen-bond acceptors (Lipinski definition) is 10. The van der Waals surface area contributed by atoms with Gasteiger partial charge in [-0.25, -0.2) is 9.36 Å². The van der Waals surface area contributed by atoms with Crippen molar-refractivity contribution in [2.75, 3.05) is 22.1 Å². The molecule has 43 heavy (non-hydrogen) atoms. The highest BCUT2D eigenvalue weighted by molar-refractivity contribution is 8.00. The van der Waals surface area contributed by atoms with Gasteiger partial charge in [0.25, 0.3) is 0 Å². The molecule has 0 saturated heterocycles. The van der Waals surface area contributed by atoms with E-state index in [9.17, 15) is 9.59 Å². The summed E-state index contributed by atoms with van der Waals surface area (Å²) in [4.78, 5) is 25.7. The van der Waals surface area contributed by atoms with Gasteiger partial charge in [-0.3, -0.25) is 9.59 Å². The third-order valence-electron chi connectivity index (χ3n) is 6.86. The molecule has 0 aliphatic rings. The molecular formula is C29H38N10O2S2. The van der Waals surface area contributed by atoms with Crippen molar-refractivity contribution >= 4 is 46.7 Å². The summed E-state index contributed by atoms with van der Waals surface area (Å²) < 4.78 is 3.09. The Morgan fingerprint density at radius 3 is 1.44 bits per heavy atom. The van der Waals surface area contributed by atoms with Crippen LogP contribution in [0.2, 0.25) is 0 Å². The second-order valence-corrected chi connectivity index (χ2v) is 13.0. The van der Waals surface area contributed by atoms with Crippen molar-refractivity contribution in [2.24, 2.45) is 14.1 Å². The molecule has 0 bridgehead atoms. The van der Waals surface area contributed by atoms with Crippen LogP contribution in [0.15, 0.2) is 34.6 Å². The molecule has 2 N–H and O–H groups in total. The maximum atomic E-state index is 12.8. The molecule has 2 aromatic carbocycles. The van der Waals surface area contributed by atoms with Gasteiger partial charge in [-0.15, -0.1) is 10.2 Å². The van der Waals surface area contributed by atoms with Gasteiger partial charge in [-0.2, -0.15) is 0 Å². The molecule has 12 nitrogen and oxygen atoms in total. The van der Waals surface area contributed by atoms with E-state index in [2.05, 4.69) is 93.6 Å². The lowest BCUT2D eigenvalue weighted by molar-refractivity contribution is -0.114. The van der Waals surface area contributed by atoms with E-state index in [1.807, 2.05) is 13.8 Å². The van der Waals surface area contributed by atoms with Crippen molar-refractivity contribution in [1.29, 1.82) is 0 Å². The van der Waals surface area contributed by atoms with E-state index in [-0.39, 0.29) is 35.2 Å². The van der Waals surface area contributed by atoms with Gasteiger partial charge in [0.05, 0.1) is 11.5 Å². The number of nitrogens with zero attached hydrogens (tertiary/aromatic N) is 8. The number of tetrazole rings is 2. The summed E-state index contributed by atoms with van der Waals surface area (Å²) in [5, 5.41) is 30.1. The Balaban J connectivity index is 1.50. The Bertz CT molecular complexity index is 1490. The molecule has 0 atom stereocenters. The van der Waals surface area contributed by atoms with Gasteiger partial charge in [0, 0.05) is 25.5 Å². The predicted octanol–water partition coefficient (Wildman–Crippen LogP) is 4.65. The maximum absolute atomic E-state index is 12.8. The van der Waals surface area contributed by atoms with Crippen LogP contribution in [0, 0.1) is 13.8 Å². The van der Waals surface area contributed by atoms with Crippen LogP contribution in [0.4, 0.5) is 11.4 Å². The van der Waals surface area contributed by atoms with Gasteiger partial charge >= 0.3 is 0 Å².